The van der Waals surface area contributed by atoms with Crippen molar-refractivity contribution in [3.63, 3.8) is 0 Å². The molecular formula is C20H21N5OS. The van der Waals surface area contributed by atoms with E-state index in [4.69, 9.17) is 4.98 Å². The lowest BCUT2D eigenvalue weighted by Crippen LogP contribution is -2.40. The predicted molar refractivity (Wildman–Crippen MR) is 106 cm³/mol. The monoisotopic (exact) mass is 379 g/mol. The topological polar surface area (TPSA) is 74.8 Å². The maximum atomic E-state index is 12.6. The van der Waals surface area contributed by atoms with Crippen molar-refractivity contribution in [3.05, 3.63) is 56.4 Å². The lowest BCUT2D eigenvalue weighted by Gasteiger charge is -2.31. The highest BCUT2D eigenvalue weighted by Gasteiger charge is 2.25. The third kappa shape index (κ3) is 3.38. The van der Waals surface area contributed by atoms with E-state index in [0.29, 0.717) is 18.2 Å². The van der Waals surface area contributed by atoms with Gasteiger partial charge in [0, 0.05) is 12.5 Å². The molecule has 6 nitrogen and oxygen atoms in total. The molecule has 0 N–H and O–H groups in total. The van der Waals surface area contributed by atoms with Crippen LogP contribution < -0.4 is 5.56 Å². The molecule has 0 spiro atoms. The summed E-state index contributed by atoms with van der Waals surface area (Å²) in [5, 5.41) is 14.9. The number of benzene rings is 1. The number of nitriles is 1. The second kappa shape index (κ2) is 7.22. The molecule has 0 saturated carbocycles. The molecule has 2 aromatic heterocycles. The summed E-state index contributed by atoms with van der Waals surface area (Å²) in [4.78, 5) is 19.6. The number of piperidine rings is 1. The van der Waals surface area contributed by atoms with Gasteiger partial charge in [-0.05, 0) is 50.9 Å². The van der Waals surface area contributed by atoms with Gasteiger partial charge in [0.25, 0.3) is 5.56 Å². The van der Waals surface area contributed by atoms with Gasteiger partial charge in [-0.3, -0.25) is 9.69 Å². The molecule has 0 radical (unpaired) electrons. The number of aromatic nitrogens is 3. The fourth-order valence-corrected chi connectivity index (χ4v) is 4.73. The molecule has 3 heterocycles. The SMILES string of the molecule is Cc1nn(CN2CCC[C@@H](c3nc4ccccc4s3)C2)c(=O)c(C#N)c1C. The summed E-state index contributed by atoms with van der Waals surface area (Å²) in [6, 6.07) is 10.3. The van der Waals surface area contributed by atoms with Gasteiger partial charge in [-0.2, -0.15) is 10.4 Å². The molecule has 138 valence electrons. The number of rotatable bonds is 3. The number of nitrogens with zero attached hydrogens (tertiary/aromatic N) is 5. The van der Waals surface area contributed by atoms with Gasteiger partial charge in [0.2, 0.25) is 0 Å². The minimum atomic E-state index is -0.303. The number of likely N-dealkylation sites (tertiary alicyclic amines) is 1. The van der Waals surface area contributed by atoms with Crippen LogP contribution in [0.5, 0.6) is 0 Å². The van der Waals surface area contributed by atoms with E-state index in [2.05, 4.69) is 22.1 Å². The second-order valence-electron chi connectivity index (χ2n) is 7.08. The van der Waals surface area contributed by atoms with Gasteiger partial charge >= 0.3 is 0 Å². The van der Waals surface area contributed by atoms with Gasteiger partial charge in [-0.25, -0.2) is 9.67 Å². The molecular weight excluding hydrogens is 358 g/mol. The highest BCUT2D eigenvalue weighted by molar-refractivity contribution is 7.18. The Morgan fingerprint density at radius 2 is 2.15 bits per heavy atom. The van der Waals surface area contributed by atoms with Crippen molar-refractivity contribution in [2.24, 2.45) is 0 Å². The Balaban J connectivity index is 1.57. The first-order valence-corrected chi connectivity index (χ1v) is 9.94. The van der Waals surface area contributed by atoms with Crippen LogP contribution >= 0.6 is 11.3 Å². The molecule has 0 aliphatic carbocycles. The first-order chi connectivity index (χ1) is 13.1. The zero-order valence-corrected chi connectivity index (χ0v) is 16.3. The summed E-state index contributed by atoms with van der Waals surface area (Å²) in [6.45, 7) is 5.80. The largest absolute Gasteiger partial charge is 0.286 e. The van der Waals surface area contributed by atoms with Gasteiger partial charge < -0.3 is 0 Å². The van der Waals surface area contributed by atoms with Crippen molar-refractivity contribution in [1.82, 2.24) is 19.7 Å². The number of hydrogen-bond donors (Lipinski definition) is 0. The Bertz CT molecular complexity index is 1060. The fourth-order valence-electron chi connectivity index (χ4n) is 3.64. The van der Waals surface area contributed by atoms with Crippen LogP contribution in [0.4, 0.5) is 0 Å². The lowest BCUT2D eigenvalue weighted by molar-refractivity contribution is 0.153. The number of para-hydroxylation sites is 1. The van der Waals surface area contributed by atoms with Crippen molar-refractivity contribution in [3.8, 4) is 6.07 Å². The Kier molecular flexibility index (Phi) is 4.77. The molecule has 0 amide bonds. The summed E-state index contributed by atoms with van der Waals surface area (Å²) in [6.07, 6.45) is 2.17. The molecule has 0 unspecified atom stereocenters. The van der Waals surface area contributed by atoms with Gasteiger partial charge in [-0.15, -0.1) is 11.3 Å². The van der Waals surface area contributed by atoms with E-state index in [9.17, 15) is 10.1 Å². The number of aryl methyl sites for hydroxylation is 1. The molecule has 3 aromatic rings. The van der Waals surface area contributed by atoms with Crippen molar-refractivity contribution < 1.29 is 0 Å². The van der Waals surface area contributed by atoms with E-state index in [1.807, 2.05) is 25.1 Å². The van der Waals surface area contributed by atoms with Crippen LogP contribution in [-0.4, -0.2) is 32.8 Å². The van der Waals surface area contributed by atoms with E-state index >= 15 is 0 Å². The predicted octanol–water partition coefficient (Wildman–Crippen LogP) is 3.18. The first kappa shape index (κ1) is 17.8. The minimum absolute atomic E-state index is 0.197. The fraction of sp³-hybridized carbons (Fsp3) is 0.400. The average Bonchev–Trinajstić information content (AvgIpc) is 3.11. The summed E-state index contributed by atoms with van der Waals surface area (Å²) in [5.41, 5.74) is 2.35. The van der Waals surface area contributed by atoms with Crippen LogP contribution in [0.2, 0.25) is 0 Å². The molecule has 1 fully saturated rings. The van der Waals surface area contributed by atoms with Crippen LogP contribution in [0.15, 0.2) is 29.1 Å². The van der Waals surface area contributed by atoms with Gasteiger partial charge in [0.15, 0.2) is 0 Å². The summed E-state index contributed by atoms with van der Waals surface area (Å²) in [7, 11) is 0. The normalized spacial score (nSPS) is 17.9. The first-order valence-electron chi connectivity index (χ1n) is 9.13. The van der Waals surface area contributed by atoms with E-state index in [-0.39, 0.29) is 11.1 Å². The molecule has 1 aliphatic heterocycles. The lowest BCUT2D eigenvalue weighted by atomic mass is 9.99. The Morgan fingerprint density at radius 3 is 2.93 bits per heavy atom. The van der Waals surface area contributed by atoms with Crippen LogP contribution in [-0.2, 0) is 6.67 Å². The van der Waals surface area contributed by atoms with Gasteiger partial charge in [0.05, 0.1) is 27.6 Å². The minimum Gasteiger partial charge on any atom is -0.284 e. The standard InChI is InChI=1S/C20H21N5OS/c1-13-14(2)23-25(20(26)16(13)10-21)12-24-9-5-6-15(11-24)19-22-17-7-3-4-8-18(17)27-19/h3-4,7-8,15H,5-6,9,11-12H2,1-2H3/t15-/m1/s1. The smallest absolute Gasteiger partial charge is 0.284 e. The van der Waals surface area contributed by atoms with Gasteiger partial charge in [-0.1, -0.05) is 12.1 Å². The van der Waals surface area contributed by atoms with Crippen molar-refractivity contribution in [2.45, 2.75) is 39.3 Å². The van der Waals surface area contributed by atoms with E-state index in [1.165, 1.54) is 14.4 Å². The highest BCUT2D eigenvalue weighted by Crippen LogP contribution is 2.32. The zero-order valence-electron chi connectivity index (χ0n) is 15.5. The molecule has 1 aromatic carbocycles. The van der Waals surface area contributed by atoms with Crippen molar-refractivity contribution in [1.29, 1.82) is 5.26 Å². The number of thiazole rings is 1. The van der Waals surface area contributed by atoms with E-state index < -0.39 is 0 Å². The van der Waals surface area contributed by atoms with E-state index in [1.54, 1.807) is 18.3 Å². The third-order valence-electron chi connectivity index (χ3n) is 5.25. The zero-order chi connectivity index (χ0) is 19.0. The highest BCUT2D eigenvalue weighted by atomic mass is 32.1. The summed E-state index contributed by atoms with van der Waals surface area (Å²) in [5.74, 6) is 0.369. The average molecular weight is 379 g/mol. The number of fused-ring (bicyclic) bond motifs is 1. The molecule has 1 atom stereocenters. The Labute approximate surface area is 161 Å². The second-order valence-corrected chi connectivity index (χ2v) is 8.14. The molecule has 1 saturated heterocycles. The van der Waals surface area contributed by atoms with Crippen molar-refractivity contribution in [2.75, 3.05) is 13.1 Å². The number of hydrogen-bond acceptors (Lipinski definition) is 6. The Hall–Kier alpha value is -2.56. The molecule has 27 heavy (non-hydrogen) atoms. The van der Waals surface area contributed by atoms with Crippen molar-refractivity contribution >= 4 is 21.6 Å². The third-order valence-corrected chi connectivity index (χ3v) is 6.45. The maximum absolute atomic E-state index is 12.6. The molecule has 4 rings (SSSR count). The summed E-state index contributed by atoms with van der Waals surface area (Å²) < 4.78 is 2.65. The van der Waals surface area contributed by atoms with Gasteiger partial charge in [0.1, 0.15) is 11.6 Å². The maximum Gasteiger partial charge on any atom is 0.286 e. The summed E-state index contributed by atoms with van der Waals surface area (Å²) >= 11 is 1.76. The van der Waals surface area contributed by atoms with Crippen LogP contribution in [0, 0.1) is 25.2 Å². The van der Waals surface area contributed by atoms with E-state index in [0.717, 1.165) is 37.1 Å². The molecule has 1 aliphatic rings. The van der Waals surface area contributed by atoms with Crippen LogP contribution in [0.1, 0.15) is 40.6 Å². The quantitative estimate of drug-likeness (QED) is 0.699. The Morgan fingerprint density at radius 1 is 1.33 bits per heavy atom. The molecule has 7 heteroatoms. The van der Waals surface area contributed by atoms with Crippen LogP contribution in [0.3, 0.4) is 0 Å². The van der Waals surface area contributed by atoms with Crippen LogP contribution in [0.25, 0.3) is 10.2 Å². The molecule has 0 bridgehead atoms.